The Morgan fingerprint density at radius 3 is 2.64 bits per heavy atom. The highest BCUT2D eigenvalue weighted by Gasteiger charge is 2.33. The molecule has 1 heterocycles. The monoisotopic (exact) mass is 582 g/mol. The van der Waals surface area contributed by atoms with Gasteiger partial charge in [-0.05, 0) is 79.1 Å². The van der Waals surface area contributed by atoms with E-state index in [4.69, 9.17) is 21.7 Å². The molecule has 184 valence electrons. The van der Waals surface area contributed by atoms with Gasteiger partial charge in [0.2, 0.25) is 0 Å². The van der Waals surface area contributed by atoms with Gasteiger partial charge in [-0.3, -0.25) is 14.5 Å². The molecule has 1 saturated heterocycles. The van der Waals surface area contributed by atoms with Gasteiger partial charge in [0.15, 0.2) is 22.4 Å². The van der Waals surface area contributed by atoms with Crippen molar-refractivity contribution in [2.75, 3.05) is 23.9 Å². The van der Waals surface area contributed by atoms with E-state index in [0.717, 1.165) is 32.5 Å². The van der Waals surface area contributed by atoms with Crippen molar-refractivity contribution in [3.8, 4) is 11.5 Å². The van der Waals surface area contributed by atoms with Gasteiger partial charge >= 0.3 is 0 Å². The lowest BCUT2D eigenvalue weighted by Crippen LogP contribution is -2.27. The zero-order valence-corrected chi connectivity index (χ0v) is 23.1. The largest absolute Gasteiger partial charge is 0.493 e. The van der Waals surface area contributed by atoms with Gasteiger partial charge in [-0.15, -0.1) is 0 Å². The van der Waals surface area contributed by atoms with Crippen molar-refractivity contribution in [3.63, 3.8) is 0 Å². The number of anilines is 2. The summed E-state index contributed by atoms with van der Waals surface area (Å²) < 4.78 is 12.6. The zero-order valence-electron chi connectivity index (χ0n) is 19.8. The highest BCUT2D eigenvalue weighted by Crippen LogP contribution is 2.37. The number of thioether (sulfide) groups is 1. The van der Waals surface area contributed by atoms with E-state index in [1.54, 1.807) is 29.2 Å². The molecule has 1 fully saturated rings. The normalized spacial score (nSPS) is 14.3. The average molecular weight is 584 g/mol. The van der Waals surface area contributed by atoms with Crippen molar-refractivity contribution in [1.82, 2.24) is 0 Å². The molecule has 0 aromatic heterocycles. The molecule has 3 aromatic carbocycles. The SMILES string of the molecule is COc1cc(/C=C2\SC(=S)N(c3cccc(C)c3)C2=O)ccc1OCC(=O)Nc1ccc(Br)cc1C. The molecule has 3 aromatic rings. The van der Waals surface area contributed by atoms with Crippen molar-refractivity contribution in [2.24, 2.45) is 0 Å². The summed E-state index contributed by atoms with van der Waals surface area (Å²) in [6, 6.07) is 18.5. The van der Waals surface area contributed by atoms with Gasteiger partial charge in [-0.25, -0.2) is 0 Å². The number of nitrogens with one attached hydrogen (secondary N) is 1. The molecule has 36 heavy (non-hydrogen) atoms. The zero-order chi connectivity index (χ0) is 25.8. The minimum atomic E-state index is -0.286. The van der Waals surface area contributed by atoms with Crippen LogP contribution in [0.2, 0.25) is 0 Å². The molecule has 2 amide bonds. The van der Waals surface area contributed by atoms with Crippen LogP contribution in [0.5, 0.6) is 11.5 Å². The first-order chi connectivity index (χ1) is 17.2. The number of ether oxygens (including phenoxy) is 2. The van der Waals surface area contributed by atoms with Crippen molar-refractivity contribution in [1.29, 1.82) is 0 Å². The second-order valence-electron chi connectivity index (χ2n) is 8.06. The number of carbonyl (C=O) groups excluding carboxylic acids is 2. The third-order valence-electron chi connectivity index (χ3n) is 5.36. The summed E-state index contributed by atoms with van der Waals surface area (Å²) >= 11 is 10.1. The first-order valence-corrected chi connectivity index (χ1v) is 13.0. The number of amides is 2. The van der Waals surface area contributed by atoms with E-state index in [1.165, 1.54) is 18.9 Å². The van der Waals surface area contributed by atoms with Gasteiger partial charge in [0, 0.05) is 10.2 Å². The third kappa shape index (κ3) is 5.98. The molecule has 0 bridgehead atoms. The number of carbonyl (C=O) groups is 2. The lowest BCUT2D eigenvalue weighted by molar-refractivity contribution is -0.118. The molecule has 1 aliphatic rings. The Kier molecular flexibility index (Phi) is 8.13. The van der Waals surface area contributed by atoms with Crippen molar-refractivity contribution in [3.05, 3.63) is 86.7 Å². The molecule has 6 nitrogen and oxygen atoms in total. The Balaban J connectivity index is 1.45. The van der Waals surface area contributed by atoms with Gasteiger partial charge in [-0.1, -0.05) is 58.1 Å². The summed E-state index contributed by atoms with van der Waals surface area (Å²) in [7, 11) is 1.52. The van der Waals surface area contributed by atoms with Crippen molar-refractivity contribution < 1.29 is 19.1 Å². The van der Waals surface area contributed by atoms with E-state index in [0.29, 0.717) is 20.7 Å². The summed E-state index contributed by atoms with van der Waals surface area (Å²) in [6.45, 7) is 3.70. The number of halogens is 1. The summed E-state index contributed by atoms with van der Waals surface area (Å²) in [5.41, 5.74) is 4.20. The minimum Gasteiger partial charge on any atom is -0.493 e. The van der Waals surface area contributed by atoms with E-state index in [9.17, 15) is 9.59 Å². The molecule has 4 rings (SSSR count). The van der Waals surface area contributed by atoms with Crippen LogP contribution >= 0.6 is 39.9 Å². The minimum absolute atomic E-state index is 0.171. The number of hydrogen-bond donors (Lipinski definition) is 1. The molecular formula is C27H23BrN2O4S2. The summed E-state index contributed by atoms with van der Waals surface area (Å²) in [5, 5.41) is 2.84. The van der Waals surface area contributed by atoms with Crippen LogP contribution in [0.15, 0.2) is 70.0 Å². The summed E-state index contributed by atoms with van der Waals surface area (Å²) in [6.07, 6.45) is 1.77. The number of methoxy groups -OCH3 is 1. The highest BCUT2D eigenvalue weighted by molar-refractivity contribution is 9.10. The summed E-state index contributed by atoms with van der Waals surface area (Å²) in [4.78, 5) is 27.5. The number of rotatable bonds is 7. The van der Waals surface area contributed by atoms with Crippen LogP contribution in [-0.4, -0.2) is 29.9 Å². The van der Waals surface area contributed by atoms with Gasteiger partial charge in [0.05, 0.1) is 17.7 Å². The molecule has 0 atom stereocenters. The van der Waals surface area contributed by atoms with Crippen molar-refractivity contribution in [2.45, 2.75) is 13.8 Å². The predicted molar refractivity (Wildman–Crippen MR) is 153 cm³/mol. The Morgan fingerprint density at radius 2 is 1.92 bits per heavy atom. The molecule has 0 spiro atoms. The maximum atomic E-state index is 13.1. The van der Waals surface area contributed by atoms with E-state index in [-0.39, 0.29) is 18.4 Å². The van der Waals surface area contributed by atoms with Crippen LogP contribution < -0.4 is 19.7 Å². The van der Waals surface area contributed by atoms with E-state index >= 15 is 0 Å². The van der Waals surface area contributed by atoms with Gasteiger partial charge < -0.3 is 14.8 Å². The molecule has 0 unspecified atom stereocenters. The number of thiocarbonyl (C=S) groups is 1. The lowest BCUT2D eigenvalue weighted by atomic mass is 10.1. The Morgan fingerprint density at radius 1 is 1.11 bits per heavy atom. The summed E-state index contributed by atoms with van der Waals surface area (Å²) in [5.74, 6) is 0.413. The van der Waals surface area contributed by atoms with E-state index in [2.05, 4.69) is 21.2 Å². The first kappa shape index (κ1) is 25.9. The van der Waals surface area contributed by atoms with Crippen molar-refractivity contribution >= 4 is 73.5 Å². The molecule has 1 aliphatic heterocycles. The van der Waals surface area contributed by atoms with Gasteiger partial charge in [0.25, 0.3) is 11.8 Å². The number of nitrogens with zero attached hydrogens (tertiary/aromatic N) is 1. The maximum absolute atomic E-state index is 13.1. The molecule has 9 heteroatoms. The quantitative estimate of drug-likeness (QED) is 0.253. The van der Waals surface area contributed by atoms with Crippen LogP contribution in [0.4, 0.5) is 11.4 Å². The Hall–Kier alpha value is -3.14. The van der Waals surface area contributed by atoms with E-state index in [1.807, 2.05) is 56.3 Å². The Labute approximate surface area is 227 Å². The van der Waals surface area contributed by atoms with Crippen LogP contribution in [0.3, 0.4) is 0 Å². The van der Waals surface area contributed by atoms with Crippen LogP contribution in [0, 0.1) is 13.8 Å². The molecular weight excluding hydrogens is 560 g/mol. The predicted octanol–water partition coefficient (Wildman–Crippen LogP) is 6.50. The van der Waals surface area contributed by atoms with Crippen LogP contribution in [-0.2, 0) is 9.59 Å². The third-order valence-corrected chi connectivity index (χ3v) is 7.16. The topological polar surface area (TPSA) is 67.9 Å². The standard InChI is InChI=1S/C27H23BrN2O4S2/c1-16-5-4-6-20(11-16)30-26(32)24(36-27(30)35)14-18-7-10-22(23(13-18)33-3)34-15-25(31)29-21-9-8-19(28)12-17(21)2/h4-14H,15H2,1-3H3,(H,29,31)/b24-14-. The fourth-order valence-corrected chi connectivity index (χ4v) is 5.37. The second-order valence-corrected chi connectivity index (χ2v) is 10.7. The van der Waals surface area contributed by atoms with Crippen LogP contribution in [0.25, 0.3) is 6.08 Å². The van der Waals surface area contributed by atoms with Gasteiger partial charge in [-0.2, -0.15) is 0 Å². The average Bonchev–Trinajstić information content (AvgIpc) is 3.12. The van der Waals surface area contributed by atoms with E-state index < -0.39 is 0 Å². The maximum Gasteiger partial charge on any atom is 0.270 e. The number of hydrogen-bond acceptors (Lipinski definition) is 6. The smallest absolute Gasteiger partial charge is 0.270 e. The van der Waals surface area contributed by atoms with Crippen LogP contribution in [0.1, 0.15) is 16.7 Å². The van der Waals surface area contributed by atoms with Gasteiger partial charge in [0.1, 0.15) is 0 Å². The lowest BCUT2D eigenvalue weighted by Gasteiger charge is -2.15. The number of aryl methyl sites for hydroxylation is 2. The number of benzene rings is 3. The fourth-order valence-electron chi connectivity index (χ4n) is 3.60. The Bertz CT molecular complexity index is 1390. The fraction of sp³-hybridized carbons (Fsp3) is 0.148. The molecule has 1 N–H and O–H groups in total. The highest BCUT2D eigenvalue weighted by atomic mass is 79.9. The second kappa shape index (κ2) is 11.3. The first-order valence-electron chi connectivity index (χ1n) is 11.0. The molecule has 0 radical (unpaired) electrons. The molecule has 0 aliphatic carbocycles. The molecule has 0 saturated carbocycles.